The van der Waals surface area contributed by atoms with Crippen LogP contribution in [0.15, 0.2) is 48.5 Å². The topological polar surface area (TPSA) is 61.8 Å². The van der Waals surface area contributed by atoms with Gasteiger partial charge in [0.1, 0.15) is 24.4 Å². The summed E-state index contributed by atoms with van der Waals surface area (Å²) in [6, 6.07) is 14.2. The summed E-state index contributed by atoms with van der Waals surface area (Å²) in [4.78, 5) is 24.5. The molecule has 2 aromatic carbocycles. The number of esters is 2. The smallest absolute Gasteiger partial charge is 0.338 e. The molecule has 1 aliphatic rings. The van der Waals surface area contributed by atoms with Crippen LogP contribution in [0.2, 0.25) is 0 Å². The molecule has 0 aromatic heterocycles. The molecule has 2 aromatic rings. The monoisotopic (exact) mass is 388 g/mol. The highest BCUT2D eigenvalue weighted by Crippen LogP contribution is 2.27. The van der Waals surface area contributed by atoms with E-state index in [1.807, 2.05) is 38.1 Å². The molecule has 1 unspecified atom stereocenters. The molecule has 142 valence electrons. The SMILES string of the molecule is Cc1ccc(C(=O)OC[C@H]2O[C@@H](Cl)CC2OC(=O)c2ccc(C)cc2)cc1. The van der Waals surface area contributed by atoms with Gasteiger partial charge < -0.3 is 14.2 Å². The minimum atomic E-state index is -0.601. The van der Waals surface area contributed by atoms with Crippen LogP contribution in [0.1, 0.15) is 38.3 Å². The molecule has 6 heteroatoms. The lowest BCUT2D eigenvalue weighted by Crippen LogP contribution is -2.32. The first-order valence-electron chi connectivity index (χ1n) is 8.73. The zero-order valence-corrected chi connectivity index (χ0v) is 15.9. The number of ether oxygens (including phenoxy) is 3. The van der Waals surface area contributed by atoms with Crippen molar-refractivity contribution in [3.8, 4) is 0 Å². The lowest BCUT2D eigenvalue weighted by Gasteiger charge is -2.19. The summed E-state index contributed by atoms with van der Waals surface area (Å²) in [6.45, 7) is 3.84. The van der Waals surface area contributed by atoms with Crippen LogP contribution in [-0.4, -0.2) is 36.3 Å². The highest BCUT2D eigenvalue weighted by molar-refractivity contribution is 6.19. The Morgan fingerprint density at radius 1 is 0.963 bits per heavy atom. The molecule has 5 nitrogen and oxygen atoms in total. The van der Waals surface area contributed by atoms with Gasteiger partial charge in [0, 0.05) is 6.42 Å². The Labute approximate surface area is 163 Å². The second-order valence-corrected chi connectivity index (χ2v) is 7.08. The van der Waals surface area contributed by atoms with Crippen molar-refractivity contribution in [2.75, 3.05) is 6.61 Å². The van der Waals surface area contributed by atoms with E-state index in [0.29, 0.717) is 17.5 Å². The summed E-state index contributed by atoms with van der Waals surface area (Å²) < 4.78 is 16.4. The molecule has 1 fully saturated rings. The third-order valence-electron chi connectivity index (χ3n) is 4.37. The average molecular weight is 389 g/mol. The van der Waals surface area contributed by atoms with E-state index in [2.05, 4.69) is 0 Å². The van der Waals surface area contributed by atoms with Gasteiger partial charge in [0.05, 0.1) is 11.1 Å². The molecule has 3 atom stereocenters. The Hall–Kier alpha value is -2.37. The largest absolute Gasteiger partial charge is 0.459 e. The van der Waals surface area contributed by atoms with E-state index in [1.54, 1.807) is 24.3 Å². The van der Waals surface area contributed by atoms with Crippen molar-refractivity contribution < 1.29 is 23.8 Å². The van der Waals surface area contributed by atoms with Gasteiger partial charge in [-0.1, -0.05) is 47.0 Å². The Morgan fingerprint density at radius 3 is 2.04 bits per heavy atom. The van der Waals surface area contributed by atoms with E-state index < -0.39 is 29.7 Å². The number of hydrogen-bond acceptors (Lipinski definition) is 5. The van der Waals surface area contributed by atoms with Crippen LogP contribution in [0.4, 0.5) is 0 Å². The summed E-state index contributed by atoms with van der Waals surface area (Å²) in [6.07, 6.45) is -0.838. The maximum atomic E-state index is 12.3. The van der Waals surface area contributed by atoms with Crippen molar-refractivity contribution in [2.45, 2.75) is 38.0 Å². The molecule has 0 saturated carbocycles. The number of aryl methyl sites for hydroxylation is 2. The third-order valence-corrected chi connectivity index (χ3v) is 4.65. The maximum Gasteiger partial charge on any atom is 0.338 e. The van der Waals surface area contributed by atoms with Crippen molar-refractivity contribution in [3.05, 3.63) is 70.8 Å². The Morgan fingerprint density at radius 2 is 1.48 bits per heavy atom. The van der Waals surface area contributed by atoms with Crippen LogP contribution in [0.25, 0.3) is 0 Å². The number of hydrogen-bond donors (Lipinski definition) is 0. The van der Waals surface area contributed by atoms with Gasteiger partial charge in [-0.3, -0.25) is 0 Å². The van der Waals surface area contributed by atoms with Crippen LogP contribution >= 0.6 is 11.6 Å². The summed E-state index contributed by atoms with van der Waals surface area (Å²) in [5.41, 5.74) is 2.42. The lowest BCUT2D eigenvalue weighted by atomic mass is 10.1. The summed E-state index contributed by atoms with van der Waals surface area (Å²) >= 11 is 6.05. The van der Waals surface area contributed by atoms with E-state index in [1.165, 1.54) is 0 Å². The first-order valence-corrected chi connectivity index (χ1v) is 9.17. The van der Waals surface area contributed by atoms with E-state index in [4.69, 9.17) is 25.8 Å². The second-order valence-electron chi connectivity index (χ2n) is 6.59. The normalized spacial score (nSPS) is 21.7. The Kier molecular flexibility index (Phi) is 6.14. The zero-order valence-electron chi connectivity index (χ0n) is 15.2. The van der Waals surface area contributed by atoms with Crippen molar-refractivity contribution in [3.63, 3.8) is 0 Å². The first-order chi connectivity index (χ1) is 12.9. The molecule has 27 heavy (non-hydrogen) atoms. The molecule has 1 saturated heterocycles. The van der Waals surface area contributed by atoms with Gasteiger partial charge in [0.25, 0.3) is 0 Å². The number of carbonyl (C=O) groups excluding carboxylic acids is 2. The maximum absolute atomic E-state index is 12.3. The predicted octanol–water partition coefficient (Wildman–Crippen LogP) is 4.04. The molecular weight excluding hydrogens is 368 g/mol. The molecule has 0 bridgehead atoms. The van der Waals surface area contributed by atoms with Crippen LogP contribution in [-0.2, 0) is 14.2 Å². The van der Waals surface area contributed by atoms with Gasteiger partial charge in [-0.15, -0.1) is 0 Å². The fraction of sp³-hybridized carbons (Fsp3) is 0.333. The molecular formula is C21H21ClO5. The minimum absolute atomic E-state index is 0.0399. The molecule has 0 spiro atoms. The van der Waals surface area contributed by atoms with E-state index >= 15 is 0 Å². The van der Waals surface area contributed by atoms with Gasteiger partial charge in [0.2, 0.25) is 0 Å². The number of benzene rings is 2. The molecule has 3 rings (SSSR count). The number of alkyl halides is 1. The fourth-order valence-electron chi connectivity index (χ4n) is 2.76. The summed E-state index contributed by atoms with van der Waals surface area (Å²) in [7, 11) is 0. The van der Waals surface area contributed by atoms with Crippen molar-refractivity contribution >= 4 is 23.5 Å². The van der Waals surface area contributed by atoms with Gasteiger partial charge >= 0.3 is 11.9 Å². The van der Waals surface area contributed by atoms with Gasteiger partial charge in [0.15, 0.2) is 0 Å². The first kappa shape index (κ1) is 19.4. The number of carbonyl (C=O) groups is 2. The van der Waals surface area contributed by atoms with Gasteiger partial charge in [-0.25, -0.2) is 9.59 Å². The predicted molar refractivity (Wildman–Crippen MR) is 101 cm³/mol. The molecule has 0 aliphatic carbocycles. The number of rotatable bonds is 5. The molecule has 1 heterocycles. The zero-order chi connectivity index (χ0) is 19.4. The third kappa shape index (κ3) is 5.08. The Balaban J connectivity index is 1.58. The standard InChI is InChI=1S/C21H21ClO5/c1-13-3-7-15(8-4-13)20(23)25-12-18-17(11-19(22)26-18)27-21(24)16-9-5-14(2)6-10-16/h3-10,17-19H,11-12H2,1-2H3/t17?,18-,19-/m1/s1. The molecule has 0 radical (unpaired) electrons. The quantitative estimate of drug-likeness (QED) is 0.571. The second kappa shape index (κ2) is 8.55. The minimum Gasteiger partial charge on any atom is -0.459 e. The summed E-state index contributed by atoms with van der Waals surface area (Å²) in [5, 5.41) is 0. The van der Waals surface area contributed by atoms with Crippen molar-refractivity contribution in [1.82, 2.24) is 0 Å². The van der Waals surface area contributed by atoms with Crippen molar-refractivity contribution in [1.29, 1.82) is 0 Å². The van der Waals surface area contributed by atoms with E-state index in [-0.39, 0.29) is 6.61 Å². The average Bonchev–Trinajstić information content (AvgIpc) is 3.00. The lowest BCUT2D eigenvalue weighted by molar-refractivity contribution is -0.0322. The van der Waals surface area contributed by atoms with Gasteiger partial charge in [-0.05, 0) is 38.1 Å². The van der Waals surface area contributed by atoms with E-state index in [0.717, 1.165) is 11.1 Å². The molecule has 0 N–H and O–H groups in total. The van der Waals surface area contributed by atoms with Gasteiger partial charge in [-0.2, -0.15) is 0 Å². The van der Waals surface area contributed by atoms with Crippen LogP contribution in [0.5, 0.6) is 0 Å². The molecule has 0 amide bonds. The highest BCUT2D eigenvalue weighted by Gasteiger charge is 2.38. The summed E-state index contributed by atoms with van der Waals surface area (Å²) in [5.74, 6) is -0.913. The molecule has 1 aliphatic heterocycles. The van der Waals surface area contributed by atoms with Crippen LogP contribution in [0.3, 0.4) is 0 Å². The fourth-order valence-corrected chi connectivity index (χ4v) is 3.07. The van der Waals surface area contributed by atoms with Crippen molar-refractivity contribution in [2.24, 2.45) is 0 Å². The highest BCUT2D eigenvalue weighted by atomic mass is 35.5. The number of halogens is 1. The van der Waals surface area contributed by atoms with Crippen LogP contribution in [0, 0.1) is 13.8 Å². The van der Waals surface area contributed by atoms with E-state index in [9.17, 15) is 9.59 Å². The Bertz CT molecular complexity index is 800. The van der Waals surface area contributed by atoms with Crippen LogP contribution < -0.4 is 0 Å².